The summed E-state index contributed by atoms with van der Waals surface area (Å²) in [6.45, 7) is 22.0. The fourth-order valence-corrected chi connectivity index (χ4v) is 12.0. The molecule has 0 N–H and O–H groups in total. The van der Waals surface area contributed by atoms with E-state index < -0.39 is 5.41 Å². The van der Waals surface area contributed by atoms with Crippen LogP contribution < -0.4 is 4.90 Å². The summed E-state index contributed by atoms with van der Waals surface area (Å²) in [5, 5.41) is 0. The molecule has 1 heteroatoms. The van der Waals surface area contributed by atoms with Gasteiger partial charge in [-0.05, 0) is 157 Å². The van der Waals surface area contributed by atoms with Crippen molar-refractivity contribution in [3.63, 3.8) is 0 Å². The third-order valence-corrected chi connectivity index (χ3v) is 15.4. The van der Waals surface area contributed by atoms with Crippen LogP contribution in [0.4, 0.5) is 17.1 Å². The summed E-state index contributed by atoms with van der Waals surface area (Å²) in [6, 6.07) is 60.4. The van der Waals surface area contributed by atoms with Crippen LogP contribution in [0.15, 0.2) is 158 Å². The van der Waals surface area contributed by atoms with Crippen molar-refractivity contribution in [2.45, 2.75) is 115 Å². The number of aryl methyl sites for hydroxylation is 1. The Kier molecular flexibility index (Phi) is 9.02. The van der Waals surface area contributed by atoms with Crippen LogP contribution in [0.3, 0.4) is 0 Å². The molecule has 61 heavy (non-hydrogen) atoms. The lowest BCUT2D eigenvalue weighted by molar-refractivity contribution is 0.331. The lowest BCUT2D eigenvalue weighted by Crippen LogP contribution is -2.35. The van der Waals surface area contributed by atoms with Crippen LogP contribution in [0.1, 0.15) is 131 Å². The topological polar surface area (TPSA) is 3.24 Å². The number of para-hydroxylation sites is 1. The Bertz CT molecular complexity index is 2760. The summed E-state index contributed by atoms with van der Waals surface area (Å²) < 4.78 is 0. The third kappa shape index (κ3) is 6.01. The van der Waals surface area contributed by atoms with Crippen LogP contribution in [-0.4, -0.2) is 0 Å². The quantitative estimate of drug-likeness (QED) is 0.162. The number of anilines is 3. The molecule has 1 nitrogen and oxygen atoms in total. The molecular formula is C60H61N. The van der Waals surface area contributed by atoms with Crippen LogP contribution >= 0.6 is 0 Å². The van der Waals surface area contributed by atoms with E-state index in [1.165, 1.54) is 103 Å². The number of fused-ring (bicyclic) bond motifs is 5. The Hall–Kier alpha value is -5.66. The molecule has 0 bridgehead atoms. The largest absolute Gasteiger partial charge is 0.310 e. The number of benzene rings is 7. The van der Waals surface area contributed by atoms with Gasteiger partial charge in [0.15, 0.2) is 0 Å². The van der Waals surface area contributed by atoms with Gasteiger partial charge in [0.2, 0.25) is 0 Å². The lowest BCUT2D eigenvalue weighted by Gasteiger charge is -2.44. The van der Waals surface area contributed by atoms with Crippen molar-refractivity contribution >= 4 is 17.1 Å². The molecule has 0 spiro atoms. The zero-order valence-corrected chi connectivity index (χ0v) is 37.8. The Morgan fingerprint density at radius 2 is 0.902 bits per heavy atom. The first kappa shape index (κ1) is 39.5. The Balaban J connectivity index is 1.38. The molecule has 3 aliphatic rings. The second-order valence-corrected chi connectivity index (χ2v) is 21.1. The molecule has 0 amide bonds. The van der Waals surface area contributed by atoms with Crippen molar-refractivity contribution in [2.24, 2.45) is 0 Å². The second kappa shape index (κ2) is 13.9. The number of hydrogen-bond donors (Lipinski definition) is 0. The van der Waals surface area contributed by atoms with Gasteiger partial charge in [-0.15, -0.1) is 0 Å². The summed E-state index contributed by atoms with van der Waals surface area (Å²) in [6.07, 6.45) is 4.68. The molecule has 7 aromatic carbocycles. The summed E-state index contributed by atoms with van der Waals surface area (Å²) in [4.78, 5) is 2.60. The van der Waals surface area contributed by atoms with Gasteiger partial charge < -0.3 is 4.90 Å². The van der Waals surface area contributed by atoms with E-state index in [9.17, 15) is 0 Å². The van der Waals surface area contributed by atoms with E-state index in [1.807, 2.05) is 0 Å². The van der Waals surface area contributed by atoms with Crippen molar-refractivity contribution in [2.75, 3.05) is 4.90 Å². The lowest BCUT2D eigenvalue weighted by atomic mass is 9.60. The van der Waals surface area contributed by atoms with Crippen LogP contribution in [0.5, 0.6) is 0 Å². The van der Waals surface area contributed by atoms with Crippen molar-refractivity contribution in [3.05, 3.63) is 208 Å². The molecule has 7 aromatic rings. The van der Waals surface area contributed by atoms with Gasteiger partial charge in [0.05, 0.1) is 11.1 Å². The highest BCUT2D eigenvalue weighted by molar-refractivity contribution is 5.97. The Labute approximate surface area is 365 Å². The third-order valence-electron chi connectivity index (χ3n) is 15.4. The van der Waals surface area contributed by atoms with Crippen molar-refractivity contribution in [3.8, 4) is 22.3 Å². The highest BCUT2D eigenvalue weighted by Gasteiger charge is 2.48. The first-order chi connectivity index (χ1) is 29.1. The standard InChI is InChI=1S/C60H61N/c1-40-29-31-46(55-54(40)58(6,7)35-36-59(55,8)9)48-38-47-45-27-19-20-28-49(45)60(41-21-13-10-14-22-41,42-23-15-11-16-24-42)51(47)39-53(48)61(43-25-17-12-18-26-43)44-30-32-50-52(37-44)57(4,5)34-33-56(50,2)3/h10-32,37-39H,33-36H2,1-9H3. The van der Waals surface area contributed by atoms with Crippen molar-refractivity contribution < 1.29 is 0 Å². The Morgan fingerprint density at radius 1 is 0.361 bits per heavy atom. The van der Waals surface area contributed by atoms with Crippen LogP contribution in [0.2, 0.25) is 0 Å². The molecule has 0 atom stereocenters. The molecule has 306 valence electrons. The predicted octanol–water partition coefficient (Wildman–Crippen LogP) is 16.2. The average Bonchev–Trinajstić information content (AvgIpc) is 3.55. The van der Waals surface area contributed by atoms with Crippen LogP contribution in [0, 0.1) is 6.92 Å². The van der Waals surface area contributed by atoms with E-state index in [-0.39, 0.29) is 21.7 Å². The summed E-state index contributed by atoms with van der Waals surface area (Å²) in [5.41, 5.74) is 21.2. The van der Waals surface area contributed by atoms with E-state index in [4.69, 9.17) is 0 Å². The van der Waals surface area contributed by atoms with Crippen molar-refractivity contribution in [1.82, 2.24) is 0 Å². The molecule has 0 radical (unpaired) electrons. The highest BCUT2D eigenvalue weighted by Crippen LogP contribution is 2.60. The van der Waals surface area contributed by atoms with E-state index >= 15 is 0 Å². The smallest absolute Gasteiger partial charge is 0.0714 e. The number of nitrogens with zero attached hydrogens (tertiary/aromatic N) is 1. The van der Waals surface area contributed by atoms with Gasteiger partial charge in [-0.2, -0.15) is 0 Å². The van der Waals surface area contributed by atoms with E-state index in [0.29, 0.717) is 0 Å². The zero-order chi connectivity index (χ0) is 42.5. The SMILES string of the molecule is Cc1ccc(-c2cc3c(cc2N(c2ccccc2)c2ccc4c(c2)C(C)(C)CCC4(C)C)C(c2ccccc2)(c2ccccc2)c2ccccc2-3)c2c1C(C)(C)CCC2(C)C. The molecule has 0 saturated carbocycles. The minimum Gasteiger partial charge on any atom is -0.310 e. The maximum atomic E-state index is 2.61. The van der Waals surface area contributed by atoms with Gasteiger partial charge in [0.1, 0.15) is 0 Å². The summed E-state index contributed by atoms with van der Waals surface area (Å²) >= 11 is 0. The molecule has 10 rings (SSSR count). The van der Waals surface area contributed by atoms with E-state index in [0.717, 1.165) is 12.1 Å². The molecule has 0 fully saturated rings. The molecule has 0 saturated heterocycles. The number of hydrogen-bond acceptors (Lipinski definition) is 1. The molecule has 0 heterocycles. The summed E-state index contributed by atoms with van der Waals surface area (Å²) in [7, 11) is 0. The van der Waals surface area contributed by atoms with Gasteiger partial charge in [0, 0.05) is 16.9 Å². The molecule has 0 aliphatic heterocycles. The molecule has 0 aromatic heterocycles. The zero-order valence-electron chi connectivity index (χ0n) is 37.8. The van der Waals surface area contributed by atoms with Crippen molar-refractivity contribution in [1.29, 1.82) is 0 Å². The first-order valence-electron chi connectivity index (χ1n) is 22.7. The minimum atomic E-state index is -0.528. The van der Waals surface area contributed by atoms with E-state index in [2.05, 4.69) is 225 Å². The normalized spacial score (nSPS) is 18.3. The maximum Gasteiger partial charge on any atom is 0.0714 e. The van der Waals surface area contributed by atoms with Gasteiger partial charge in [0.25, 0.3) is 0 Å². The molecular weight excluding hydrogens is 735 g/mol. The Morgan fingerprint density at radius 3 is 1.54 bits per heavy atom. The second-order valence-electron chi connectivity index (χ2n) is 21.1. The fraction of sp³-hybridized carbons (Fsp3) is 0.300. The molecule has 0 unspecified atom stereocenters. The fourth-order valence-electron chi connectivity index (χ4n) is 12.0. The van der Waals surface area contributed by atoms with Crippen LogP contribution in [-0.2, 0) is 27.1 Å². The monoisotopic (exact) mass is 795 g/mol. The summed E-state index contributed by atoms with van der Waals surface area (Å²) in [5.74, 6) is 0. The maximum absolute atomic E-state index is 2.61. The minimum absolute atomic E-state index is 0.00274. The van der Waals surface area contributed by atoms with Gasteiger partial charge in [-0.25, -0.2) is 0 Å². The number of rotatable bonds is 6. The first-order valence-corrected chi connectivity index (χ1v) is 22.7. The average molecular weight is 796 g/mol. The molecule has 3 aliphatic carbocycles. The van der Waals surface area contributed by atoms with Gasteiger partial charge in [-0.3, -0.25) is 0 Å². The van der Waals surface area contributed by atoms with Gasteiger partial charge in [-0.1, -0.05) is 177 Å². The highest BCUT2D eigenvalue weighted by atomic mass is 15.1. The van der Waals surface area contributed by atoms with Crippen LogP contribution in [0.25, 0.3) is 22.3 Å². The van der Waals surface area contributed by atoms with E-state index in [1.54, 1.807) is 0 Å². The predicted molar refractivity (Wildman–Crippen MR) is 259 cm³/mol. The van der Waals surface area contributed by atoms with Gasteiger partial charge >= 0.3 is 0 Å².